The van der Waals surface area contributed by atoms with E-state index in [0.29, 0.717) is 5.37 Å². The lowest BCUT2D eigenvalue weighted by atomic mass is 10.2. The maximum Gasteiger partial charge on any atom is 0.0976 e. The molecule has 1 aliphatic heterocycles. The fourth-order valence-corrected chi connectivity index (χ4v) is 3.26. The summed E-state index contributed by atoms with van der Waals surface area (Å²) in [5.41, 5.74) is 2.54. The van der Waals surface area contributed by atoms with Crippen LogP contribution in [0.15, 0.2) is 18.0 Å². The van der Waals surface area contributed by atoms with Gasteiger partial charge in [0.15, 0.2) is 0 Å². The summed E-state index contributed by atoms with van der Waals surface area (Å²) in [7, 11) is 0. The third kappa shape index (κ3) is 1.95. The van der Waals surface area contributed by atoms with Crippen LogP contribution < -0.4 is 5.32 Å². The van der Waals surface area contributed by atoms with Gasteiger partial charge in [-0.1, -0.05) is 6.08 Å². The highest BCUT2D eigenvalue weighted by Crippen LogP contribution is 2.32. The fraction of sp³-hybridized carbons (Fsp3) is 0.444. The summed E-state index contributed by atoms with van der Waals surface area (Å²) >= 11 is 3.48. The van der Waals surface area contributed by atoms with Gasteiger partial charge in [0.05, 0.1) is 11.1 Å². The molecule has 2 heterocycles. The van der Waals surface area contributed by atoms with Crippen LogP contribution in [0.25, 0.3) is 0 Å². The largest absolute Gasteiger partial charge is 0.299 e. The Morgan fingerprint density at radius 1 is 1.77 bits per heavy atom. The predicted octanol–water partition coefficient (Wildman–Crippen LogP) is 2.21. The first kappa shape index (κ1) is 9.24. The molecule has 1 aromatic rings. The van der Waals surface area contributed by atoms with E-state index >= 15 is 0 Å². The number of rotatable bonds is 3. The van der Waals surface area contributed by atoms with Crippen molar-refractivity contribution < 1.29 is 0 Å². The van der Waals surface area contributed by atoms with Crippen molar-refractivity contribution in [2.24, 2.45) is 0 Å². The van der Waals surface area contributed by atoms with Crippen LogP contribution in [0.1, 0.15) is 16.6 Å². The number of thioether (sulfide) groups is 1. The van der Waals surface area contributed by atoms with E-state index in [1.165, 1.54) is 17.0 Å². The van der Waals surface area contributed by atoms with Gasteiger partial charge in [0.25, 0.3) is 0 Å². The molecule has 4 heteroatoms. The van der Waals surface area contributed by atoms with E-state index in [2.05, 4.69) is 21.6 Å². The lowest BCUT2D eigenvalue weighted by molar-refractivity contribution is 0.733. The minimum Gasteiger partial charge on any atom is -0.299 e. The second-order valence-corrected chi connectivity index (χ2v) is 4.76. The first-order valence-electron chi connectivity index (χ1n) is 4.31. The first-order chi connectivity index (χ1) is 6.42. The monoisotopic (exact) mass is 212 g/mol. The van der Waals surface area contributed by atoms with Gasteiger partial charge in [0.1, 0.15) is 0 Å². The van der Waals surface area contributed by atoms with E-state index in [0.717, 1.165) is 13.0 Å². The van der Waals surface area contributed by atoms with Crippen molar-refractivity contribution in [1.29, 1.82) is 0 Å². The standard InChI is InChI=1S/C9H12N2S2/c1-2-3-7-6-13-11-8(7)9-10-4-5-12-9/h2,6,9-10H,1,3-5H2. The van der Waals surface area contributed by atoms with Crippen LogP contribution in [-0.2, 0) is 6.42 Å². The highest BCUT2D eigenvalue weighted by molar-refractivity contribution is 7.99. The molecular formula is C9H12N2S2. The van der Waals surface area contributed by atoms with Gasteiger partial charge in [0.2, 0.25) is 0 Å². The van der Waals surface area contributed by atoms with Crippen LogP contribution >= 0.6 is 23.3 Å². The van der Waals surface area contributed by atoms with Gasteiger partial charge in [-0.3, -0.25) is 5.32 Å². The lowest BCUT2D eigenvalue weighted by Gasteiger charge is -2.07. The van der Waals surface area contributed by atoms with Gasteiger partial charge in [-0.25, -0.2) is 0 Å². The van der Waals surface area contributed by atoms with Crippen molar-refractivity contribution in [2.75, 3.05) is 12.3 Å². The molecule has 0 radical (unpaired) electrons. The second kappa shape index (κ2) is 4.26. The third-order valence-electron chi connectivity index (χ3n) is 2.00. The summed E-state index contributed by atoms with van der Waals surface area (Å²) in [5.74, 6) is 1.19. The lowest BCUT2D eigenvalue weighted by Crippen LogP contribution is -2.13. The fourth-order valence-electron chi connectivity index (χ4n) is 1.39. The summed E-state index contributed by atoms with van der Waals surface area (Å²) in [6, 6.07) is 0. The molecule has 0 spiro atoms. The molecule has 1 fully saturated rings. The van der Waals surface area contributed by atoms with E-state index in [-0.39, 0.29) is 0 Å². The second-order valence-electron chi connectivity index (χ2n) is 2.92. The molecule has 2 rings (SSSR count). The Hall–Kier alpha value is -0.320. The zero-order valence-electron chi connectivity index (χ0n) is 7.32. The maximum atomic E-state index is 4.43. The van der Waals surface area contributed by atoms with Gasteiger partial charge in [-0.2, -0.15) is 4.37 Å². The SMILES string of the molecule is C=CCc1csnc1C1NCCS1. The van der Waals surface area contributed by atoms with Crippen molar-refractivity contribution in [3.8, 4) is 0 Å². The topological polar surface area (TPSA) is 24.9 Å². The number of nitrogens with zero attached hydrogens (tertiary/aromatic N) is 1. The Morgan fingerprint density at radius 2 is 2.69 bits per heavy atom. The molecule has 1 aromatic heterocycles. The summed E-state index contributed by atoms with van der Waals surface area (Å²) in [6.07, 6.45) is 2.87. The van der Waals surface area contributed by atoms with Crippen LogP contribution in [0.4, 0.5) is 0 Å². The number of nitrogens with one attached hydrogen (secondary N) is 1. The van der Waals surface area contributed by atoms with E-state index in [9.17, 15) is 0 Å². The number of hydrogen-bond donors (Lipinski definition) is 1. The highest BCUT2D eigenvalue weighted by atomic mass is 32.2. The zero-order valence-corrected chi connectivity index (χ0v) is 8.96. The van der Waals surface area contributed by atoms with Crippen LogP contribution in [-0.4, -0.2) is 16.7 Å². The number of aromatic nitrogens is 1. The minimum absolute atomic E-state index is 0.418. The number of allylic oxidation sites excluding steroid dienone is 1. The Morgan fingerprint density at radius 3 is 3.38 bits per heavy atom. The molecule has 1 N–H and O–H groups in total. The van der Waals surface area contributed by atoms with Gasteiger partial charge < -0.3 is 0 Å². The summed E-state index contributed by atoms with van der Waals surface area (Å²) in [5, 5.41) is 5.97. The minimum atomic E-state index is 0.418. The molecule has 0 aromatic carbocycles. The van der Waals surface area contributed by atoms with Gasteiger partial charge in [-0.05, 0) is 23.5 Å². The van der Waals surface area contributed by atoms with E-state index in [1.54, 1.807) is 11.5 Å². The van der Waals surface area contributed by atoms with Crippen LogP contribution in [0.5, 0.6) is 0 Å². The third-order valence-corrected chi connectivity index (χ3v) is 3.86. The summed E-state index contributed by atoms with van der Waals surface area (Å²) in [4.78, 5) is 0. The first-order valence-corrected chi connectivity index (χ1v) is 6.19. The normalized spacial score (nSPS) is 22.0. The molecule has 0 saturated carbocycles. The quantitative estimate of drug-likeness (QED) is 0.778. The Bertz CT molecular complexity index is 290. The molecule has 1 unspecified atom stereocenters. The van der Waals surface area contributed by atoms with Crippen molar-refractivity contribution in [1.82, 2.24) is 9.69 Å². The zero-order chi connectivity index (χ0) is 9.10. The average Bonchev–Trinajstić information content (AvgIpc) is 2.71. The van der Waals surface area contributed by atoms with Gasteiger partial charge >= 0.3 is 0 Å². The van der Waals surface area contributed by atoms with Crippen molar-refractivity contribution >= 4 is 23.3 Å². The Labute approximate surface area is 86.6 Å². The molecular weight excluding hydrogens is 200 g/mol. The Kier molecular flexibility index (Phi) is 3.03. The molecule has 1 aliphatic rings. The average molecular weight is 212 g/mol. The van der Waals surface area contributed by atoms with Crippen molar-refractivity contribution in [3.05, 3.63) is 29.3 Å². The summed E-state index contributed by atoms with van der Waals surface area (Å²) < 4.78 is 4.43. The molecule has 2 nitrogen and oxygen atoms in total. The van der Waals surface area contributed by atoms with E-state index in [1.807, 2.05) is 17.8 Å². The van der Waals surface area contributed by atoms with Gasteiger partial charge in [-0.15, -0.1) is 18.3 Å². The molecule has 0 amide bonds. The molecule has 0 bridgehead atoms. The smallest absolute Gasteiger partial charge is 0.0976 e. The maximum absolute atomic E-state index is 4.43. The van der Waals surface area contributed by atoms with E-state index < -0.39 is 0 Å². The van der Waals surface area contributed by atoms with Gasteiger partial charge in [0, 0.05) is 17.7 Å². The van der Waals surface area contributed by atoms with Crippen LogP contribution in [0.3, 0.4) is 0 Å². The molecule has 1 saturated heterocycles. The molecule has 13 heavy (non-hydrogen) atoms. The Balaban J connectivity index is 2.17. The molecule has 70 valence electrons. The van der Waals surface area contributed by atoms with Crippen molar-refractivity contribution in [3.63, 3.8) is 0 Å². The molecule has 1 atom stereocenters. The predicted molar refractivity (Wildman–Crippen MR) is 59.2 cm³/mol. The highest BCUT2D eigenvalue weighted by Gasteiger charge is 2.21. The van der Waals surface area contributed by atoms with Crippen LogP contribution in [0, 0.1) is 0 Å². The number of hydrogen-bond acceptors (Lipinski definition) is 4. The summed E-state index contributed by atoms with van der Waals surface area (Å²) in [6.45, 7) is 4.85. The van der Waals surface area contributed by atoms with E-state index in [4.69, 9.17) is 0 Å². The van der Waals surface area contributed by atoms with Crippen molar-refractivity contribution in [2.45, 2.75) is 11.8 Å². The van der Waals surface area contributed by atoms with Crippen LogP contribution in [0.2, 0.25) is 0 Å². The molecule has 0 aliphatic carbocycles.